The van der Waals surface area contributed by atoms with Gasteiger partial charge in [0.2, 0.25) is 0 Å². The Morgan fingerprint density at radius 1 is 1.38 bits per heavy atom. The Hall–Kier alpha value is -1.85. The normalized spacial score (nSPS) is 12.1. The first-order valence-corrected chi connectivity index (χ1v) is 7.53. The van der Waals surface area contributed by atoms with Gasteiger partial charge in [-0.2, -0.15) is 0 Å². The summed E-state index contributed by atoms with van der Waals surface area (Å²) in [5, 5.41) is 12.4. The van der Waals surface area contributed by atoms with Crippen LogP contribution in [-0.4, -0.2) is 18.2 Å². The zero-order valence-corrected chi connectivity index (χ0v) is 13.2. The zero-order chi connectivity index (χ0) is 15.4. The summed E-state index contributed by atoms with van der Waals surface area (Å²) in [5.41, 5.74) is 2.21. The number of aromatic carboxylic acids is 1. The van der Waals surface area contributed by atoms with Gasteiger partial charge in [-0.15, -0.1) is 11.3 Å². The molecule has 1 aromatic heterocycles. The number of hydrogen-bond acceptors (Lipinski definition) is 4. The van der Waals surface area contributed by atoms with E-state index in [0.29, 0.717) is 11.4 Å². The van der Waals surface area contributed by atoms with E-state index < -0.39 is 5.97 Å². The van der Waals surface area contributed by atoms with Crippen LogP contribution in [0.5, 0.6) is 5.75 Å². The minimum Gasteiger partial charge on any atom is -0.497 e. The van der Waals surface area contributed by atoms with Gasteiger partial charge < -0.3 is 15.2 Å². The van der Waals surface area contributed by atoms with Gasteiger partial charge in [0.1, 0.15) is 10.6 Å². The highest BCUT2D eigenvalue weighted by atomic mass is 32.1. The fourth-order valence-electron chi connectivity index (χ4n) is 2.07. The number of carbonyl (C=O) groups is 1. The van der Waals surface area contributed by atoms with Crippen LogP contribution < -0.4 is 10.1 Å². The van der Waals surface area contributed by atoms with Crippen molar-refractivity contribution in [3.8, 4) is 5.75 Å². The Bertz CT molecular complexity index is 619. The number of methoxy groups -OCH3 is 1. The quantitative estimate of drug-likeness (QED) is 0.856. The van der Waals surface area contributed by atoms with Crippen molar-refractivity contribution in [3.05, 3.63) is 51.2 Å². The third-order valence-corrected chi connectivity index (χ3v) is 4.53. The molecule has 1 aromatic carbocycles. The lowest BCUT2D eigenvalue weighted by Gasteiger charge is -2.14. The van der Waals surface area contributed by atoms with Gasteiger partial charge in [-0.05, 0) is 43.2 Å². The maximum absolute atomic E-state index is 11.0. The SMILES string of the molecule is COc1ccc([C@@H](C)NCc2cc(C(=O)O)sc2C)cc1. The molecule has 0 unspecified atom stereocenters. The standard InChI is InChI=1S/C16H19NO3S/c1-10(12-4-6-14(20-3)7-5-12)17-9-13-8-15(16(18)19)21-11(13)2/h4-8,10,17H,9H2,1-3H3,(H,18,19)/t10-/m1/s1. The molecule has 0 amide bonds. The highest BCUT2D eigenvalue weighted by Crippen LogP contribution is 2.23. The summed E-state index contributed by atoms with van der Waals surface area (Å²) < 4.78 is 5.14. The maximum atomic E-state index is 11.0. The summed E-state index contributed by atoms with van der Waals surface area (Å²) in [7, 11) is 1.65. The lowest BCUT2D eigenvalue weighted by molar-refractivity contribution is 0.0702. The molecule has 0 aliphatic heterocycles. The van der Waals surface area contributed by atoms with Crippen LogP contribution in [0.2, 0.25) is 0 Å². The lowest BCUT2D eigenvalue weighted by atomic mass is 10.1. The lowest BCUT2D eigenvalue weighted by Crippen LogP contribution is -2.18. The number of carboxylic acid groups (broad SMARTS) is 1. The highest BCUT2D eigenvalue weighted by molar-refractivity contribution is 7.14. The van der Waals surface area contributed by atoms with Gasteiger partial charge in [-0.3, -0.25) is 0 Å². The second-order valence-corrected chi connectivity index (χ2v) is 6.13. The van der Waals surface area contributed by atoms with Crippen molar-refractivity contribution in [3.63, 3.8) is 0 Å². The molecule has 0 fully saturated rings. The molecular formula is C16H19NO3S. The third-order valence-electron chi connectivity index (χ3n) is 3.45. The molecule has 0 radical (unpaired) electrons. The number of aryl methyl sites for hydroxylation is 1. The number of hydrogen-bond donors (Lipinski definition) is 2. The van der Waals surface area contributed by atoms with Gasteiger partial charge in [0.15, 0.2) is 0 Å². The molecule has 0 aliphatic carbocycles. The largest absolute Gasteiger partial charge is 0.497 e. The van der Waals surface area contributed by atoms with Crippen LogP contribution in [-0.2, 0) is 6.54 Å². The molecule has 1 atom stereocenters. The summed E-state index contributed by atoms with van der Waals surface area (Å²) in [4.78, 5) is 12.4. The average molecular weight is 305 g/mol. The van der Waals surface area contributed by atoms with E-state index in [-0.39, 0.29) is 6.04 Å². The van der Waals surface area contributed by atoms with Crippen LogP contribution in [0, 0.1) is 6.92 Å². The monoisotopic (exact) mass is 305 g/mol. The predicted octanol–water partition coefficient (Wildman–Crippen LogP) is 3.61. The van der Waals surface area contributed by atoms with E-state index in [1.165, 1.54) is 16.9 Å². The fraction of sp³-hybridized carbons (Fsp3) is 0.312. The molecule has 0 bridgehead atoms. The van der Waals surface area contributed by atoms with Crippen LogP contribution in [0.15, 0.2) is 30.3 Å². The predicted molar refractivity (Wildman–Crippen MR) is 84.3 cm³/mol. The van der Waals surface area contributed by atoms with Crippen molar-refractivity contribution in [2.45, 2.75) is 26.4 Å². The summed E-state index contributed by atoms with van der Waals surface area (Å²) in [6.45, 7) is 4.69. The molecule has 0 spiro atoms. The molecule has 0 saturated heterocycles. The second kappa shape index (κ2) is 6.74. The van der Waals surface area contributed by atoms with Crippen molar-refractivity contribution in [2.75, 3.05) is 7.11 Å². The highest BCUT2D eigenvalue weighted by Gasteiger charge is 2.12. The number of ether oxygens (including phenoxy) is 1. The first-order valence-electron chi connectivity index (χ1n) is 6.71. The van der Waals surface area contributed by atoms with E-state index >= 15 is 0 Å². The van der Waals surface area contributed by atoms with E-state index in [0.717, 1.165) is 16.2 Å². The number of thiophene rings is 1. The van der Waals surface area contributed by atoms with E-state index in [2.05, 4.69) is 12.2 Å². The van der Waals surface area contributed by atoms with E-state index in [1.807, 2.05) is 31.2 Å². The Morgan fingerprint density at radius 2 is 2.05 bits per heavy atom. The number of carboxylic acids is 1. The first-order chi connectivity index (χ1) is 10.0. The Labute approximate surface area is 128 Å². The zero-order valence-electron chi connectivity index (χ0n) is 12.3. The van der Waals surface area contributed by atoms with E-state index in [1.54, 1.807) is 13.2 Å². The minimum atomic E-state index is -0.863. The molecule has 5 heteroatoms. The molecule has 2 aromatic rings. The molecule has 1 heterocycles. The minimum absolute atomic E-state index is 0.184. The summed E-state index contributed by atoms with van der Waals surface area (Å²) in [6.07, 6.45) is 0. The van der Waals surface area contributed by atoms with Gasteiger partial charge in [0.05, 0.1) is 7.11 Å². The molecule has 21 heavy (non-hydrogen) atoms. The van der Waals surface area contributed by atoms with Gasteiger partial charge in [-0.1, -0.05) is 12.1 Å². The van der Waals surface area contributed by atoms with Crippen LogP contribution in [0.25, 0.3) is 0 Å². The smallest absolute Gasteiger partial charge is 0.345 e. The van der Waals surface area contributed by atoms with Crippen molar-refractivity contribution in [1.29, 1.82) is 0 Å². The number of rotatable bonds is 6. The van der Waals surface area contributed by atoms with E-state index in [9.17, 15) is 4.79 Å². The molecule has 2 N–H and O–H groups in total. The van der Waals surface area contributed by atoms with E-state index in [4.69, 9.17) is 9.84 Å². The summed E-state index contributed by atoms with van der Waals surface area (Å²) in [6, 6.07) is 9.86. The topological polar surface area (TPSA) is 58.6 Å². The van der Waals surface area contributed by atoms with Crippen LogP contribution in [0.1, 0.15) is 38.6 Å². The number of nitrogens with one attached hydrogen (secondary N) is 1. The van der Waals surface area contributed by atoms with Crippen molar-refractivity contribution in [2.24, 2.45) is 0 Å². The van der Waals surface area contributed by atoms with Gasteiger partial charge in [0.25, 0.3) is 0 Å². The van der Waals surface area contributed by atoms with Crippen molar-refractivity contribution in [1.82, 2.24) is 5.32 Å². The molecular weight excluding hydrogens is 286 g/mol. The molecule has 112 valence electrons. The number of benzene rings is 1. The Kier molecular flexibility index (Phi) is 4.98. The molecule has 0 aliphatic rings. The average Bonchev–Trinajstić information content (AvgIpc) is 2.86. The Morgan fingerprint density at radius 3 is 2.57 bits per heavy atom. The van der Waals surface area contributed by atoms with Gasteiger partial charge in [-0.25, -0.2) is 4.79 Å². The molecule has 0 saturated carbocycles. The molecule has 2 rings (SSSR count). The van der Waals surface area contributed by atoms with Gasteiger partial charge >= 0.3 is 5.97 Å². The van der Waals surface area contributed by atoms with Crippen LogP contribution >= 0.6 is 11.3 Å². The fourth-order valence-corrected chi connectivity index (χ4v) is 2.95. The summed E-state index contributed by atoms with van der Waals surface area (Å²) in [5.74, 6) is -0.0247. The van der Waals surface area contributed by atoms with Gasteiger partial charge in [0, 0.05) is 17.5 Å². The molecule has 4 nitrogen and oxygen atoms in total. The van der Waals surface area contributed by atoms with Crippen molar-refractivity contribution >= 4 is 17.3 Å². The second-order valence-electron chi connectivity index (χ2n) is 4.87. The van der Waals surface area contributed by atoms with Crippen LogP contribution in [0.4, 0.5) is 0 Å². The first kappa shape index (κ1) is 15.5. The van der Waals surface area contributed by atoms with Crippen LogP contribution in [0.3, 0.4) is 0 Å². The third kappa shape index (κ3) is 3.83. The van der Waals surface area contributed by atoms with Crippen molar-refractivity contribution < 1.29 is 14.6 Å². The Balaban J connectivity index is 1.99. The summed E-state index contributed by atoms with van der Waals surface area (Å²) >= 11 is 1.32. The maximum Gasteiger partial charge on any atom is 0.345 e.